The van der Waals surface area contributed by atoms with Gasteiger partial charge < -0.3 is 5.11 Å². The molecule has 0 spiro atoms. The largest absolute Gasteiger partial charge is 0.388 e. The molecule has 1 aliphatic rings. The summed E-state index contributed by atoms with van der Waals surface area (Å²) in [7, 11) is 0. The Balaban J connectivity index is 3.11. The molecule has 0 aromatic rings. The van der Waals surface area contributed by atoms with Gasteiger partial charge in [-0.15, -0.1) is 0 Å². The smallest absolute Gasteiger partial charge is 0.146 e. The molecule has 1 atom stereocenters. The summed E-state index contributed by atoms with van der Waals surface area (Å²) in [6.07, 6.45) is 3.84. The Kier molecular flexibility index (Phi) is 2.20. The normalized spacial score (nSPS) is 27.5. The predicted molar refractivity (Wildman–Crippen MR) is 47.7 cm³/mol. The second-order valence-electron chi connectivity index (χ2n) is 3.77. The highest BCUT2D eigenvalue weighted by Crippen LogP contribution is 2.35. The molecule has 0 aliphatic heterocycles. The lowest BCUT2D eigenvalue weighted by atomic mass is 9.74. The predicted octanol–water partition coefficient (Wildman–Crippen LogP) is 1.46. The maximum atomic E-state index is 10.6. The molecule has 0 heterocycles. The maximum Gasteiger partial charge on any atom is 0.146 e. The monoisotopic (exact) mass is 166 g/mol. The van der Waals surface area contributed by atoms with Crippen molar-refractivity contribution >= 4 is 6.29 Å². The van der Waals surface area contributed by atoms with Gasteiger partial charge in [-0.05, 0) is 12.5 Å². The average molecular weight is 166 g/mol. The molecule has 2 heteroatoms. The Morgan fingerprint density at radius 2 is 2.08 bits per heavy atom. The molecule has 0 radical (unpaired) electrons. The Hall–Kier alpha value is -0.890. The summed E-state index contributed by atoms with van der Waals surface area (Å²) in [4.78, 5) is 10.6. The van der Waals surface area contributed by atoms with Crippen LogP contribution in [0, 0.1) is 5.41 Å². The zero-order valence-electron chi connectivity index (χ0n) is 7.66. The highest BCUT2D eigenvalue weighted by atomic mass is 16.3. The van der Waals surface area contributed by atoms with Gasteiger partial charge in [0.2, 0.25) is 0 Å². The molecule has 1 N–H and O–H groups in total. The first-order valence-corrected chi connectivity index (χ1v) is 4.02. The number of hydrogen-bond donors (Lipinski definition) is 1. The number of rotatable bonds is 1. The number of carbonyl (C=O) groups excluding carboxylic acids is 1. The molecule has 0 aromatic carbocycles. The lowest BCUT2D eigenvalue weighted by Gasteiger charge is -2.33. The lowest BCUT2D eigenvalue weighted by Crippen LogP contribution is -2.34. The minimum atomic E-state index is -0.539. The van der Waals surface area contributed by atoms with Crippen molar-refractivity contribution in [2.75, 3.05) is 0 Å². The molecule has 2 nitrogen and oxygen atoms in total. The summed E-state index contributed by atoms with van der Waals surface area (Å²) < 4.78 is 0. The first-order valence-electron chi connectivity index (χ1n) is 4.02. The quantitative estimate of drug-likeness (QED) is 0.599. The van der Waals surface area contributed by atoms with E-state index in [0.717, 1.165) is 11.9 Å². The Morgan fingerprint density at radius 3 is 2.58 bits per heavy atom. The van der Waals surface area contributed by atoms with E-state index >= 15 is 0 Å². The standard InChI is InChI=1S/C10H14O2/c1-7-4-5-8(6-11)10(2,3)9(7)12/h4-6,9,12H,1-3H3. The van der Waals surface area contributed by atoms with Crippen LogP contribution in [0.25, 0.3) is 0 Å². The SMILES string of the molecule is CC1=CC=C(C=O)C(C)(C)C1O. The van der Waals surface area contributed by atoms with E-state index in [9.17, 15) is 9.90 Å². The molecular weight excluding hydrogens is 152 g/mol. The molecule has 0 bridgehead atoms. The molecule has 0 saturated heterocycles. The summed E-state index contributed by atoms with van der Waals surface area (Å²) in [6.45, 7) is 5.60. The Labute approximate surface area is 72.6 Å². The van der Waals surface area contributed by atoms with Gasteiger partial charge in [0.1, 0.15) is 6.29 Å². The topological polar surface area (TPSA) is 37.3 Å². The zero-order chi connectivity index (χ0) is 9.35. The van der Waals surface area contributed by atoms with Crippen molar-refractivity contribution < 1.29 is 9.90 Å². The Morgan fingerprint density at radius 1 is 1.50 bits per heavy atom. The highest BCUT2D eigenvalue weighted by Gasteiger charge is 2.34. The van der Waals surface area contributed by atoms with Gasteiger partial charge in [0.05, 0.1) is 6.10 Å². The van der Waals surface area contributed by atoms with Crippen LogP contribution in [0.3, 0.4) is 0 Å². The van der Waals surface area contributed by atoms with Gasteiger partial charge in [0, 0.05) is 11.0 Å². The van der Waals surface area contributed by atoms with Crippen molar-refractivity contribution in [1.29, 1.82) is 0 Å². The minimum absolute atomic E-state index is 0.444. The summed E-state index contributed by atoms with van der Waals surface area (Å²) in [5.41, 5.74) is 1.12. The van der Waals surface area contributed by atoms with E-state index in [2.05, 4.69) is 0 Å². The van der Waals surface area contributed by atoms with Gasteiger partial charge in [-0.3, -0.25) is 4.79 Å². The molecule has 66 valence electrons. The summed E-state index contributed by atoms with van der Waals surface area (Å²) in [6, 6.07) is 0. The van der Waals surface area contributed by atoms with Gasteiger partial charge in [0.15, 0.2) is 0 Å². The van der Waals surface area contributed by atoms with Crippen molar-refractivity contribution in [3.05, 3.63) is 23.3 Å². The Bertz CT molecular complexity index is 259. The fourth-order valence-electron chi connectivity index (χ4n) is 1.45. The van der Waals surface area contributed by atoms with Gasteiger partial charge in [-0.1, -0.05) is 26.0 Å². The first kappa shape index (κ1) is 9.20. The summed E-state index contributed by atoms with van der Waals surface area (Å²) in [5, 5.41) is 9.74. The van der Waals surface area contributed by atoms with E-state index in [-0.39, 0.29) is 0 Å². The van der Waals surface area contributed by atoms with Crippen LogP contribution in [-0.4, -0.2) is 17.5 Å². The van der Waals surface area contributed by atoms with Crippen molar-refractivity contribution in [2.45, 2.75) is 26.9 Å². The molecule has 1 aliphatic carbocycles. The van der Waals surface area contributed by atoms with Crippen LogP contribution in [0.2, 0.25) is 0 Å². The number of aliphatic hydroxyl groups excluding tert-OH is 1. The summed E-state index contributed by atoms with van der Waals surface area (Å²) in [5.74, 6) is 0. The fraction of sp³-hybridized carbons (Fsp3) is 0.500. The number of aliphatic hydroxyl groups is 1. The first-order chi connectivity index (χ1) is 5.50. The fourth-order valence-corrected chi connectivity index (χ4v) is 1.45. The molecule has 0 saturated carbocycles. The van der Waals surface area contributed by atoms with Crippen molar-refractivity contribution in [1.82, 2.24) is 0 Å². The zero-order valence-corrected chi connectivity index (χ0v) is 7.66. The van der Waals surface area contributed by atoms with Crippen LogP contribution < -0.4 is 0 Å². The van der Waals surface area contributed by atoms with E-state index < -0.39 is 11.5 Å². The van der Waals surface area contributed by atoms with E-state index in [4.69, 9.17) is 0 Å². The number of carbonyl (C=O) groups is 1. The van der Waals surface area contributed by atoms with E-state index in [1.807, 2.05) is 20.8 Å². The van der Waals surface area contributed by atoms with Gasteiger partial charge in [0.25, 0.3) is 0 Å². The molecule has 1 rings (SSSR count). The van der Waals surface area contributed by atoms with Crippen molar-refractivity contribution in [3.63, 3.8) is 0 Å². The number of hydrogen-bond acceptors (Lipinski definition) is 2. The van der Waals surface area contributed by atoms with Gasteiger partial charge in [-0.25, -0.2) is 0 Å². The van der Waals surface area contributed by atoms with Gasteiger partial charge >= 0.3 is 0 Å². The van der Waals surface area contributed by atoms with Crippen molar-refractivity contribution in [3.8, 4) is 0 Å². The van der Waals surface area contributed by atoms with Crippen LogP contribution in [0.1, 0.15) is 20.8 Å². The molecule has 12 heavy (non-hydrogen) atoms. The van der Waals surface area contributed by atoms with Crippen LogP contribution in [0.4, 0.5) is 0 Å². The molecule has 0 fully saturated rings. The number of allylic oxidation sites excluding steroid dienone is 2. The van der Waals surface area contributed by atoms with E-state index in [1.54, 1.807) is 12.2 Å². The van der Waals surface area contributed by atoms with Crippen LogP contribution in [-0.2, 0) is 4.79 Å². The van der Waals surface area contributed by atoms with Crippen molar-refractivity contribution in [2.24, 2.45) is 5.41 Å². The van der Waals surface area contributed by atoms with E-state index in [1.165, 1.54) is 0 Å². The molecule has 1 unspecified atom stereocenters. The number of aldehydes is 1. The van der Waals surface area contributed by atoms with Crippen LogP contribution >= 0.6 is 0 Å². The third-order valence-corrected chi connectivity index (χ3v) is 2.51. The molecule has 0 aromatic heterocycles. The third-order valence-electron chi connectivity index (χ3n) is 2.51. The second-order valence-corrected chi connectivity index (χ2v) is 3.77. The van der Waals surface area contributed by atoms with Crippen LogP contribution in [0.5, 0.6) is 0 Å². The molecule has 0 amide bonds. The minimum Gasteiger partial charge on any atom is -0.388 e. The highest BCUT2D eigenvalue weighted by molar-refractivity contribution is 5.77. The van der Waals surface area contributed by atoms with E-state index in [0.29, 0.717) is 5.57 Å². The average Bonchev–Trinajstić information content (AvgIpc) is 2.01. The third kappa shape index (κ3) is 1.23. The maximum absolute atomic E-state index is 10.6. The van der Waals surface area contributed by atoms with Crippen LogP contribution in [0.15, 0.2) is 23.3 Å². The summed E-state index contributed by atoms with van der Waals surface area (Å²) >= 11 is 0. The molecular formula is C10H14O2. The second kappa shape index (κ2) is 2.87. The van der Waals surface area contributed by atoms with Gasteiger partial charge in [-0.2, -0.15) is 0 Å². The lowest BCUT2D eigenvalue weighted by molar-refractivity contribution is -0.106.